The Balaban J connectivity index is 1.99. The number of benzene rings is 1. The molecule has 0 aromatic heterocycles. The molecule has 0 spiro atoms. The molecule has 0 radical (unpaired) electrons. The van der Waals surface area contributed by atoms with Crippen molar-refractivity contribution in [3.8, 4) is 0 Å². The molecule has 2 nitrogen and oxygen atoms in total. The lowest BCUT2D eigenvalue weighted by Gasteiger charge is -2.37. The van der Waals surface area contributed by atoms with Crippen LogP contribution in [0.2, 0.25) is 0 Å². The molecule has 1 heterocycles. The predicted octanol–water partition coefficient (Wildman–Crippen LogP) is 2.99. The molecule has 1 saturated heterocycles. The second-order valence-corrected chi connectivity index (χ2v) is 5.88. The van der Waals surface area contributed by atoms with E-state index >= 15 is 0 Å². The molecule has 1 aromatic carbocycles. The van der Waals surface area contributed by atoms with Crippen LogP contribution in [0.1, 0.15) is 37.4 Å². The summed E-state index contributed by atoms with van der Waals surface area (Å²) in [6.07, 6.45) is 1.26. The van der Waals surface area contributed by atoms with Crippen LogP contribution in [-0.2, 0) is 0 Å². The summed E-state index contributed by atoms with van der Waals surface area (Å²) < 4.78 is 0. The summed E-state index contributed by atoms with van der Waals surface area (Å²) in [4.78, 5) is 2.43. The highest BCUT2D eigenvalue weighted by molar-refractivity contribution is 5.28. The lowest BCUT2D eigenvalue weighted by atomic mass is 9.92. The van der Waals surface area contributed by atoms with Crippen molar-refractivity contribution in [2.75, 3.05) is 20.1 Å². The Kier molecular flexibility index (Phi) is 4.41. The van der Waals surface area contributed by atoms with Crippen molar-refractivity contribution in [2.45, 2.75) is 39.3 Å². The quantitative estimate of drug-likeness (QED) is 0.882. The van der Waals surface area contributed by atoms with Crippen molar-refractivity contribution in [1.82, 2.24) is 10.2 Å². The van der Waals surface area contributed by atoms with Crippen LogP contribution in [-0.4, -0.2) is 31.1 Å². The van der Waals surface area contributed by atoms with Gasteiger partial charge >= 0.3 is 0 Å². The van der Waals surface area contributed by atoms with E-state index in [1.807, 2.05) is 0 Å². The predicted molar refractivity (Wildman–Crippen MR) is 77.8 cm³/mol. The zero-order chi connectivity index (χ0) is 13.1. The van der Waals surface area contributed by atoms with Crippen LogP contribution in [0.15, 0.2) is 24.3 Å². The molecule has 3 atom stereocenters. The van der Waals surface area contributed by atoms with Gasteiger partial charge in [0.25, 0.3) is 0 Å². The molecular formula is C16H26N2. The molecule has 2 rings (SSSR count). The third kappa shape index (κ3) is 3.12. The van der Waals surface area contributed by atoms with E-state index in [0.29, 0.717) is 12.1 Å². The molecule has 0 amide bonds. The van der Waals surface area contributed by atoms with Gasteiger partial charge in [-0.15, -0.1) is 0 Å². The van der Waals surface area contributed by atoms with Gasteiger partial charge in [0.1, 0.15) is 0 Å². The summed E-state index contributed by atoms with van der Waals surface area (Å²) in [6.45, 7) is 9.26. The maximum absolute atomic E-state index is 3.82. The van der Waals surface area contributed by atoms with Gasteiger partial charge in [-0.05, 0) is 50.9 Å². The van der Waals surface area contributed by atoms with E-state index in [4.69, 9.17) is 0 Å². The molecule has 1 aliphatic heterocycles. The van der Waals surface area contributed by atoms with Gasteiger partial charge in [0.2, 0.25) is 0 Å². The Morgan fingerprint density at radius 3 is 2.72 bits per heavy atom. The molecular weight excluding hydrogens is 220 g/mol. The van der Waals surface area contributed by atoms with Crippen molar-refractivity contribution in [3.05, 3.63) is 35.4 Å². The van der Waals surface area contributed by atoms with Crippen LogP contribution < -0.4 is 5.32 Å². The number of aryl methyl sites for hydroxylation is 1. The number of hydrogen-bond acceptors (Lipinski definition) is 2. The molecule has 3 unspecified atom stereocenters. The van der Waals surface area contributed by atoms with Crippen molar-refractivity contribution in [1.29, 1.82) is 0 Å². The second-order valence-electron chi connectivity index (χ2n) is 5.88. The molecule has 0 aliphatic carbocycles. The minimum Gasteiger partial charge on any atom is -0.307 e. The number of nitrogens with one attached hydrogen (secondary N) is 1. The number of piperidine rings is 1. The van der Waals surface area contributed by atoms with Crippen molar-refractivity contribution < 1.29 is 0 Å². The van der Waals surface area contributed by atoms with Crippen LogP contribution in [0.25, 0.3) is 0 Å². The number of rotatable bonds is 3. The minimum absolute atomic E-state index is 0.446. The maximum atomic E-state index is 3.82. The monoisotopic (exact) mass is 246 g/mol. The third-order valence-corrected chi connectivity index (χ3v) is 4.23. The first-order valence-electron chi connectivity index (χ1n) is 7.08. The fourth-order valence-corrected chi connectivity index (χ4v) is 3.09. The van der Waals surface area contributed by atoms with E-state index in [2.05, 4.69) is 62.3 Å². The maximum Gasteiger partial charge on any atom is 0.0297 e. The Hall–Kier alpha value is -0.860. The summed E-state index contributed by atoms with van der Waals surface area (Å²) in [5.41, 5.74) is 2.82. The van der Waals surface area contributed by atoms with Crippen LogP contribution >= 0.6 is 0 Å². The normalized spacial score (nSPS) is 27.1. The SMILES string of the molecule is Cc1ccccc1C(C)NC1CCN(C)CC1C. The molecule has 1 aromatic rings. The van der Waals surface area contributed by atoms with Crippen molar-refractivity contribution in [2.24, 2.45) is 5.92 Å². The molecule has 1 aliphatic rings. The van der Waals surface area contributed by atoms with Crippen LogP contribution in [0, 0.1) is 12.8 Å². The van der Waals surface area contributed by atoms with Gasteiger partial charge in [-0.3, -0.25) is 0 Å². The van der Waals surface area contributed by atoms with E-state index in [1.165, 1.54) is 30.6 Å². The molecule has 2 heteroatoms. The van der Waals surface area contributed by atoms with Gasteiger partial charge in [-0.25, -0.2) is 0 Å². The highest BCUT2D eigenvalue weighted by Crippen LogP contribution is 2.22. The van der Waals surface area contributed by atoms with Crippen molar-refractivity contribution >= 4 is 0 Å². The first-order valence-corrected chi connectivity index (χ1v) is 7.08. The van der Waals surface area contributed by atoms with Crippen molar-refractivity contribution in [3.63, 3.8) is 0 Å². The van der Waals surface area contributed by atoms with Crippen LogP contribution in [0.5, 0.6) is 0 Å². The molecule has 0 bridgehead atoms. The van der Waals surface area contributed by atoms with Gasteiger partial charge < -0.3 is 10.2 Å². The number of likely N-dealkylation sites (tertiary alicyclic amines) is 1. The number of hydrogen-bond donors (Lipinski definition) is 1. The Morgan fingerprint density at radius 1 is 1.33 bits per heavy atom. The molecule has 18 heavy (non-hydrogen) atoms. The van der Waals surface area contributed by atoms with Gasteiger partial charge in [0.05, 0.1) is 0 Å². The summed E-state index contributed by atoms with van der Waals surface area (Å²) in [7, 11) is 2.22. The lowest BCUT2D eigenvalue weighted by Crippen LogP contribution is -2.47. The topological polar surface area (TPSA) is 15.3 Å². The van der Waals surface area contributed by atoms with Gasteiger partial charge in [0.15, 0.2) is 0 Å². The van der Waals surface area contributed by atoms with Gasteiger partial charge in [-0.1, -0.05) is 31.2 Å². The highest BCUT2D eigenvalue weighted by atomic mass is 15.1. The number of nitrogens with zero attached hydrogens (tertiary/aromatic N) is 1. The lowest BCUT2D eigenvalue weighted by molar-refractivity contribution is 0.168. The first kappa shape index (κ1) is 13.6. The van der Waals surface area contributed by atoms with E-state index in [0.717, 1.165) is 5.92 Å². The van der Waals surface area contributed by atoms with E-state index in [-0.39, 0.29) is 0 Å². The molecule has 100 valence electrons. The summed E-state index contributed by atoms with van der Waals surface area (Å²) in [5, 5.41) is 3.82. The smallest absolute Gasteiger partial charge is 0.0297 e. The van der Waals surface area contributed by atoms with Gasteiger partial charge in [0, 0.05) is 18.6 Å². The molecule has 0 saturated carbocycles. The highest BCUT2D eigenvalue weighted by Gasteiger charge is 2.25. The largest absolute Gasteiger partial charge is 0.307 e. The third-order valence-electron chi connectivity index (χ3n) is 4.23. The second kappa shape index (κ2) is 5.85. The van der Waals surface area contributed by atoms with Crippen LogP contribution in [0.3, 0.4) is 0 Å². The Labute approximate surface area is 111 Å². The fourth-order valence-electron chi connectivity index (χ4n) is 3.09. The fraction of sp³-hybridized carbons (Fsp3) is 0.625. The average molecular weight is 246 g/mol. The Morgan fingerprint density at radius 2 is 2.06 bits per heavy atom. The average Bonchev–Trinajstić information content (AvgIpc) is 2.33. The van der Waals surface area contributed by atoms with E-state index in [9.17, 15) is 0 Å². The van der Waals surface area contributed by atoms with Crippen LogP contribution in [0.4, 0.5) is 0 Å². The minimum atomic E-state index is 0.446. The summed E-state index contributed by atoms with van der Waals surface area (Å²) >= 11 is 0. The van der Waals surface area contributed by atoms with E-state index < -0.39 is 0 Å². The zero-order valence-electron chi connectivity index (χ0n) is 12.1. The van der Waals surface area contributed by atoms with Gasteiger partial charge in [-0.2, -0.15) is 0 Å². The standard InChI is InChI=1S/C16H26N2/c1-12-7-5-6-8-15(12)14(3)17-16-9-10-18(4)11-13(16)2/h5-8,13-14,16-17H,9-11H2,1-4H3. The summed E-state index contributed by atoms with van der Waals surface area (Å²) in [6, 6.07) is 9.79. The Bertz CT molecular complexity index is 388. The summed E-state index contributed by atoms with van der Waals surface area (Å²) in [5.74, 6) is 0.732. The van der Waals surface area contributed by atoms with E-state index in [1.54, 1.807) is 0 Å². The first-order chi connectivity index (χ1) is 8.58. The molecule has 1 N–H and O–H groups in total. The zero-order valence-corrected chi connectivity index (χ0v) is 12.1. The molecule has 1 fully saturated rings.